The number of nitrogens with zero attached hydrogens (tertiary/aromatic N) is 1. The molecule has 2 aromatic carbocycles. The Labute approximate surface area is 217 Å². The number of hydrazine groups is 1. The first-order valence-electron chi connectivity index (χ1n) is 11.7. The molecule has 7 N–H and O–H groups in total. The summed E-state index contributed by atoms with van der Waals surface area (Å²) < 4.78 is 4.48. The van der Waals surface area contributed by atoms with Crippen molar-refractivity contribution in [3.8, 4) is 0 Å². The molecule has 1 unspecified atom stereocenters. The number of carbonyl (C=O) groups excluding carboxylic acids is 2. The van der Waals surface area contributed by atoms with Gasteiger partial charge in [-0.05, 0) is 43.5 Å². The van der Waals surface area contributed by atoms with E-state index in [0.717, 1.165) is 28.5 Å². The summed E-state index contributed by atoms with van der Waals surface area (Å²) in [6.07, 6.45) is -0.663. The number of aromatic nitrogens is 1. The lowest BCUT2D eigenvalue weighted by atomic mass is 9.92. The van der Waals surface area contributed by atoms with E-state index < -0.39 is 34.6 Å². The normalized spacial score (nSPS) is 17.7. The first kappa shape index (κ1) is 26.3. The van der Waals surface area contributed by atoms with Crippen molar-refractivity contribution in [3.05, 3.63) is 65.4 Å². The number of nitrogens with one attached hydrogen (secondary N) is 4. The van der Waals surface area contributed by atoms with Crippen LogP contribution in [0.25, 0.3) is 10.9 Å². The second kappa shape index (κ2) is 9.96. The number of rotatable bonds is 6. The highest BCUT2D eigenvalue weighted by Gasteiger charge is 2.40. The fraction of sp³-hybridized carbons (Fsp3) is 0.320. The van der Waals surface area contributed by atoms with Gasteiger partial charge in [0.05, 0.1) is 17.2 Å². The number of hydrogen-bond acceptors (Lipinski definition) is 7. The Bertz CT molecular complexity index is 1360. The van der Waals surface area contributed by atoms with E-state index in [2.05, 4.69) is 20.9 Å². The van der Waals surface area contributed by atoms with Gasteiger partial charge in [0.1, 0.15) is 11.2 Å². The Morgan fingerprint density at radius 2 is 1.84 bits per heavy atom. The Kier molecular flexibility index (Phi) is 7.09. The van der Waals surface area contributed by atoms with Gasteiger partial charge in [-0.15, -0.1) is 0 Å². The lowest BCUT2D eigenvalue weighted by molar-refractivity contribution is -0.127. The van der Waals surface area contributed by atoms with Crippen molar-refractivity contribution < 1.29 is 29.7 Å². The molecule has 1 aliphatic heterocycles. The number of amides is 3. The molecule has 37 heavy (non-hydrogen) atoms. The maximum absolute atomic E-state index is 13.3. The van der Waals surface area contributed by atoms with E-state index in [4.69, 9.17) is 0 Å². The van der Waals surface area contributed by atoms with Gasteiger partial charge in [0.15, 0.2) is 0 Å². The van der Waals surface area contributed by atoms with E-state index in [-0.39, 0.29) is 12.1 Å². The Morgan fingerprint density at radius 3 is 2.49 bits per heavy atom. The minimum absolute atomic E-state index is 0.0444. The molecule has 0 saturated carbocycles. The SMILES string of the molecule is CCc1ccc2c3c1cc(C(=O)NNC(=O)[C@@](C)(Cc1ccccc1)NC(=O)O)n3C(C)C(O)(O)SN2. The minimum atomic E-state index is -2.24. The lowest BCUT2D eigenvalue weighted by Crippen LogP contribution is -2.61. The molecule has 4 rings (SSSR count). The highest BCUT2D eigenvalue weighted by atomic mass is 32.2. The van der Waals surface area contributed by atoms with Crippen molar-refractivity contribution in [2.45, 2.75) is 50.3 Å². The van der Waals surface area contributed by atoms with Crippen LogP contribution >= 0.6 is 11.9 Å². The van der Waals surface area contributed by atoms with Crippen LogP contribution in [0.3, 0.4) is 0 Å². The van der Waals surface area contributed by atoms with Gasteiger partial charge >= 0.3 is 6.09 Å². The van der Waals surface area contributed by atoms with Crippen molar-refractivity contribution in [2.75, 3.05) is 4.72 Å². The van der Waals surface area contributed by atoms with E-state index >= 15 is 0 Å². The second-order valence-electron chi connectivity index (χ2n) is 9.16. The molecule has 0 spiro atoms. The maximum atomic E-state index is 13.3. The third kappa shape index (κ3) is 5.08. The average Bonchev–Trinajstić information content (AvgIpc) is 3.21. The molecule has 1 aliphatic rings. The van der Waals surface area contributed by atoms with E-state index in [0.29, 0.717) is 17.6 Å². The maximum Gasteiger partial charge on any atom is 0.405 e. The molecule has 0 saturated heterocycles. The monoisotopic (exact) mass is 527 g/mol. The number of anilines is 1. The van der Waals surface area contributed by atoms with Gasteiger partial charge in [0.2, 0.25) is 0 Å². The van der Waals surface area contributed by atoms with Gasteiger partial charge in [0, 0.05) is 23.8 Å². The zero-order chi connectivity index (χ0) is 27.0. The molecule has 2 atom stereocenters. The molecule has 196 valence electrons. The van der Waals surface area contributed by atoms with Crippen molar-refractivity contribution in [3.63, 3.8) is 0 Å². The third-order valence-corrected chi connectivity index (χ3v) is 7.48. The van der Waals surface area contributed by atoms with Gasteiger partial charge < -0.3 is 29.9 Å². The summed E-state index contributed by atoms with van der Waals surface area (Å²) >= 11 is 0.721. The number of carboxylic acid groups (broad SMARTS) is 1. The molecule has 12 heteroatoms. The van der Waals surface area contributed by atoms with E-state index in [1.165, 1.54) is 11.5 Å². The van der Waals surface area contributed by atoms with E-state index in [1.807, 2.05) is 19.1 Å². The van der Waals surface area contributed by atoms with Crippen LogP contribution in [-0.2, 0) is 17.6 Å². The second-order valence-corrected chi connectivity index (χ2v) is 10.2. The number of benzene rings is 2. The van der Waals surface area contributed by atoms with Crippen molar-refractivity contribution >= 4 is 46.4 Å². The zero-order valence-corrected chi connectivity index (χ0v) is 21.3. The van der Waals surface area contributed by atoms with Crippen molar-refractivity contribution in [1.82, 2.24) is 20.7 Å². The first-order valence-corrected chi connectivity index (χ1v) is 12.5. The Morgan fingerprint density at radius 1 is 1.14 bits per heavy atom. The molecule has 11 nitrogen and oxygen atoms in total. The molecule has 0 bridgehead atoms. The molecule has 0 aliphatic carbocycles. The Balaban J connectivity index is 1.65. The third-order valence-electron chi connectivity index (χ3n) is 6.52. The lowest BCUT2D eigenvalue weighted by Gasteiger charge is -2.29. The fourth-order valence-electron chi connectivity index (χ4n) is 4.49. The molecule has 0 radical (unpaired) electrons. The van der Waals surface area contributed by atoms with Crippen LogP contribution in [0, 0.1) is 0 Å². The topological polar surface area (TPSA) is 165 Å². The number of aryl methyl sites for hydroxylation is 1. The average molecular weight is 528 g/mol. The van der Waals surface area contributed by atoms with Crippen LogP contribution in [0.4, 0.5) is 10.5 Å². The standard InChI is InChI=1S/C25H29N5O6S/c1-4-16-10-11-18-20-17(16)12-19(30(20)14(2)25(35,36)37-29-18)21(31)27-28-22(32)24(3,26-23(33)34)13-15-8-6-5-7-9-15/h5-12,14,26,29,35-36H,4,13H2,1-3H3,(H,27,31)(H,28,32)(H,33,34)/t14?,24-/m1/s1. The quantitative estimate of drug-likeness (QED) is 0.146. The van der Waals surface area contributed by atoms with Crippen molar-refractivity contribution in [1.29, 1.82) is 0 Å². The van der Waals surface area contributed by atoms with Gasteiger partial charge in [-0.25, -0.2) is 4.79 Å². The molecule has 0 fully saturated rings. The molecule has 3 aromatic rings. The first-order chi connectivity index (χ1) is 17.5. The van der Waals surface area contributed by atoms with Gasteiger partial charge in [-0.2, -0.15) is 0 Å². The predicted octanol–water partition coefficient (Wildman–Crippen LogP) is 2.51. The zero-order valence-electron chi connectivity index (χ0n) is 20.5. The van der Waals surface area contributed by atoms with Gasteiger partial charge in [0.25, 0.3) is 16.9 Å². The summed E-state index contributed by atoms with van der Waals surface area (Å²) in [5.74, 6) is -1.47. The number of carbonyl (C=O) groups is 3. The summed E-state index contributed by atoms with van der Waals surface area (Å²) in [6, 6.07) is 13.3. The molecule has 2 heterocycles. The molecule has 3 amide bonds. The molecular formula is C25H29N5O6S. The van der Waals surface area contributed by atoms with Crippen molar-refractivity contribution in [2.24, 2.45) is 0 Å². The summed E-state index contributed by atoms with van der Waals surface area (Å²) in [5, 5.41) is 31.3. The molecular weight excluding hydrogens is 498 g/mol. The summed E-state index contributed by atoms with van der Waals surface area (Å²) in [7, 11) is 0. The fourth-order valence-corrected chi connectivity index (χ4v) is 5.19. The van der Waals surface area contributed by atoms with Crippen LogP contribution in [0.5, 0.6) is 0 Å². The van der Waals surface area contributed by atoms with E-state index in [9.17, 15) is 29.7 Å². The van der Waals surface area contributed by atoms with Crippen LogP contribution < -0.4 is 20.9 Å². The summed E-state index contributed by atoms with van der Waals surface area (Å²) in [4.78, 5) is 37.9. The summed E-state index contributed by atoms with van der Waals surface area (Å²) in [6.45, 7) is 4.97. The predicted molar refractivity (Wildman–Crippen MR) is 140 cm³/mol. The van der Waals surface area contributed by atoms with Gasteiger partial charge in [-0.1, -0.05) is 43.3 Å². The highest BCUT2D eigenvalue weighted by molar-refractivity contribution is 8.01. The highest BCUT2D eigenvalue weighted by Crippen LogP contribution is 2.43. The molecule has 1 aromatic heterocycles. The van der Waals surface area contributed by atoms with Crippen LogP contribution in [-0.4, -0.2) is 48.5 Å². The minimum Gasteiger partial charge on any atom is -0.465 e. The largest absolute Gasteiger partial charge is 0.465 e. The van der Waals surface area contributed by atoms with Gasteiger partial charge in [-0.3, -0.25) is 20.4 Å². The Hall–Kier alpha value is -3.74. The van der Waals surface area contributed by atoms with Crippen LogP contribution in [0.1, 0.15) is 48.4 Å². The van der Waals surface area contributed by atoms with Crippen LogP contribution in [0.15, 0.2) is 48.5 Å². The number of hydrogen-bond donors (Lipinski definition) is 7. The van der Waals surface area contributed by atoms with Crippen LogP contribution in [0.2, 0.25) is 0 Å². The summed E-state index contributed by atoms with van der Waals surface area (Å²) in [5.41, 5.74) is 6.12. The smallest absolute Gasteiger partial charge is 0.405 e. The van der Waals surface area contributed by atoms with E-state index in [1.54, 1.807) is 43.3 Å². The number of aliphatic hydroxyl groups is 2.